The largest absolute Gasteiger partial charge is 0.352 e. The molecule has 2 heterocycles. The maximum Gasteiger partial charge on any atom is 0.252 e. The van der Waals surface area contributed by atoms with Gasteiger partial charge in [-0.05, 0) is 56.9 Å². The van der Waals surface area contributed by atoms with E-state index in [4.69, 9.17) is 11.6 Å². The van der Waals surface area contributed by atoms with Gasteiger partial charge in [0.05, 0.1) is 5.56 Å². The van der Waals surface area contributed by atoms with Gasteiger partial charge >= 0.3 is 0 Å². The summed E-state index contributed by atoms with van der Waals surface area (Å²) >= 11 is 5.69. The van der Waals surface area contributed by atoms with Gasteiger partial charge in [-0.3, -0.25) is 4.79 Å². The molecule has 0 radical (unpaired) electrons. The first-order chi connectivity index (χ1) is 9.65. The number of hydrogen-bond acceptors (Lipinski definition) is 3. The van der Waals surface area contributed by atoms with Crippen LogP contribution in [0.25, 0.3) is 0 Å². The number of carbonyl (C=O) groups excluding carboxylic acids is 1. The van der Waals surface area contributed by atoms with Gasteiger partial charge in [0.1, 0.15) is 5.15 Å². The molecule has 110 valence electrons. The highest BCUT2D eigenvalue weighted by Crippen LogP contribution is 2.15. The molecule has 1 N–H and O–H groups in total. The van der Waals surface area contributed by atoms with E-state index in [1.54, 1.807) is 12.1 Å². The van der Waals surface area contributed by atoms with Crippen LogP contribution in [-0.2, 0) is 0 Å². The molecular weight excluding hydrogens is 274 g/mol. The van der Waals surface area contributed by atoms with E-state index in [0.29, 0.717) is 17.3 Å². The Bertz CT molecular complexity index is 427. The lowest BCUT2D eigenvalue weighted by molar-refractivity contribution is 0.0950. The number of pyridine rings is 1. The van der Waals surface area contributed by atoms with Gasteiger partial charge < -0.3 is 10.2 Å². The molecule has 0 aliphatic carbocycles. The van der Waals surface area contributed by atoms with E-state index in [1.165, 1.54) is 32.1 Å². The summed E-state index contributed by atoms with van der Waals surface area (Å²) in [5.41, 5.74) is 0.557. The summed E-state index contributed by atoms with van der Waals surface area (Å²) in [6, 6.07) is 3.32. The van der Waals surface area contributed by atoms with Crippen molar-refractivity contribution in [2.45, 2.75) is 26.2 Å². The third-order valence-corrected chi connectivity index (χ3v) is 4.03. The average Bonchev–Trinajstić information content (AvgIpc) is 2.46. The van der Waals surface area contributed by atoms with Crippen LogP contribution in [0.15, 0.2) is 18.3 Å². The molecule has 1 fully saturated rings. The van der Waals surface area contributed by atoms with Gasteiger partial charge in [-0.2, -0.15) is 0 Å². The summed E-state index contributed by atoms with van der Waals surface area (Å²) < 4.78 is 0. The van der Waals surface area contributed by atoms with Crippen molar-refractivity contribution in [2.24, 2.45) is 5.92 Å². The zero-order valence-electron chi connectivity index (χ0n) is 11.9. The van der Waals surface area contributed by atoms with Crippen molar-refractivity contribution in [3.8, 4) is 0 Å². The number of piperidine rings is 1. The molecule has 1 amide bonds. The van der Waals surface area contributed by atoms with Crippen molar-refractivity contribution in [1.82, 2.24) is 15.2 Å². The lowest BCUT2D eigenvalue weighted by Gasteiger charge is -2.30. The van der Waals surface area contributed by atoms with Crippen LogP contribution < -0.4 is 5.32 Å². The molecule has 1 saturated heterocycles. The fourth-order valence-corrected chi connectivity index (χ4v) is 2.51. The van der Waals surface area contributed by atoms with E-state index < -0.39 is 0 Å². The predicted octanol–water partition coefficient (Wildman–Crippen LogP) is 2.59. The molecular formula is C15H22ClN3O. The fraction of sp³-hybridized carbons (Fsp3) is 0.600. The van der Waals surface area contributed by atoms with E-state index in [0.717, 1.165) is 18.9 Å². The predicted molar refractivity (Wildman–Crippen MR) is 81.0 cm³/mol. The second-order valence-corrected chi connectivity index (χ2v) is 5.89. The molecule has 0 saturated carbocycles. The summed E-state index contributed by atoms with van der Waals surface area (Å²) in [5.74, 6) is 0.782. The molecule has 0 aromatic carbocycles. The van der Waals surface area contributed by atoms with Crippen molar-refractivity contribution >= 4 is 17.5 Å². The Morgan fingerprint density at radius 3 is 2.85 bits per heavy atom. The summed E-state index contributed by atoms with van der Waals surface area (Å²) in [4.78, 5) is 18.2. The number of amides is 1. The van der Waals surface area contributed by atoms with Gasteiger partial charge in [-0.15, -0.1) is 0 Å². The highest BCUT2D eigenvalue weighted by molar-refractivity contribution is 6.29. The first-order valence-electron chi connectivity index (χ1n) is 7.27. The number of nitrogens with one attached hydrogen (secondary N) is 1. The molecule has 4 nitrogen and oxygen atoms in total. The molecule has 0 spiro atoms. The number of carbonyl (C=O) groups is 1. The maximum atomic E-state index is 11.8. The number of nitrogens with zero attached hydrogens (tertiary/aromatic N) is 2. The van der Waals surface area contributed by atoms with Gasteiger partial charge in [-0.1, -0.05) is 18.5 Å². The van der Waals surface area contributed by atoms with Gasteiger partial charge in [-0.25, -0.2) is 4.98 Å². The number of aromatic nitrogens is 1. The molecule has 0 bridgehead atoms. The molecule has 5 heteroatoms. The lowest BCUT2D eigenvalue weighted by Crippen LogP contribution is -2.35. The molecule has 20 heavy (non-hydrogen) atoms. The highest BCUT2D eigenvalue weighted by Gasteiger charge is 2.14. The molecule has 2 rings (SSSR count). The van der Waals surface area contributed by atoms with Gasteiger partial charge in [0.15, 0.2) is 0 Å². The summed E-state index contributed by atoms with van der Waals surface area (Å²) in [6.07, 6.45) is 5.08. The second-order valence-electron chi connectivity index (χ2n) is 5.50. The van der Waals surface area contributed by atoms with E-state index >= 15 is 0 Å². The normalized spacial score (nSPS) is 17.1. The number of rotatable bonds is 5. The number of halogens is 1. The monoisotopic (exact) mass is 295 g/mol. The van der Waals surface area contributed by atoms with E-state index in [-0.39, 0.29) is 5.91 Å². The SMILES string of the molecule is CC1CCN(CCCNC(=O)c2ccc(Cl)nc2)CC1. The van der Waals surface area contributed by atoms with Crippen LogP contribution in [0.1, 0.15) is 36.5 Å². The minimum Gasteiger partial charge on any atom is -0.352 e. The quantitative estimate of drug-likeness (QED) is 0.671. The summed E-state index contributed by atoms with van der Waals surface area (Å²) in [7, 11) is 0. The Balaban J connectivity index is 1.63. The molecule has 1 aliphatic heterocycles. The summed E-state index contributed by atoms with van der Waals surface area (Å²) in [5, 5.41) is 3.32. The van der Waals surface area contributed by atoms with Crippen LogP contribution in [0.5, 0.6) is 0 Å². The van der Waals surface area contributed by atoms with Crippen LogP contribution >= 0.6 is 11.6 Å². The minimum atomic E-state index is -0.0820. The van der Waals surface area contributed by atoms with Crippen LogP contribution in [0.2, 0.25) is 5.15 Å². The van der Waals surface area contributed by atoms with Crippen LogP contribution in [0.3, 0.4) is 0 Å². The topological polar surface area (TPSA) is 45.2 Å². The van der Waals surface area contributed by atoms with Crippen LogP contribution in [0.4, 0.5) is 0 Å². The number of likely N-dealkylation sites (tertiary alicyclic amines) is 1. The second kappa shape index (κ2) is 7.60. The van der Waals surface area contributed by atoms with Gasteiger partial charge in [0, 0.05) is 12.7 Å². The zero-order valence-corrected chi connectivity index (χ0v) is 12.7. The maximum absolute atomic E-state index is 11.8. The minimum absolute atomic E-state index is 0.0820. The number of hydrogen-bond donors (Lipinski definition) is 1. The Hall–Kier alpha value is -1.13. The molecule has 1 aliphatic rings. The first-order valence-corrected chi connectivity index (χ1v) is 7.65. The third kappa shape index (κ3) is 4.76. The molecule has 1 aromatic rings. The van der Waals surface area contributed by atoms with E-state index in [1.807, 2.05) is 0 Å². The van der Waals surface area contributed by atoms with Crippen molar-refractivity contribution in [3.63, 3.8) is 0 Å². The van der Waals surface area contributed by atoms with Crippen molar-refractivity contribution < 1.29 is 4.79 Å². The Kier molecular flexibility index (Phi) is 5.80. The van der Waals surface area contributed by atoms with E-state index in [9.17, 15) is 4.79 Å². The van der Waals surface area contributed by atoms with Crippen molar-refractivity contribution in [3.05, 3.63) is 29.0 Å². The van der Waals surface area contributed by atoms with Crippen LogP contribution in [-0.4, -0.2) is 42.0 Å². The van der Waals surface area contributed by atoms with Crippen molar-refractivity contribution in [1.29, 1.82) is 0 Å². The van der Waals surface area contributed by atoms with Crippen LogP contribution in [0, 0.1) is 5.92 Å². The molecule has 1 aromatic heterocycles. The lowest BCUT2D eigenvalue weighted by atomic mass is 9.99. The Morgan fingerprint density at radius 1 is 1.45 bits per heavy atom. The molecule has 0 atom stereocenters. The first kappa shape index (κ1) is 15.3. The highest BCUT2D eigenvalue weighted by atomic mass is 35.5. The average molecular weight is 296 g/mol. The molecule has 0 unspecified atom stereocenters. The zero-order chi connectivity index (χ0) is 14.4. The van der Waals surface area contributed by atoms with E-state index in [2.05, 4.69) is 22.1 Å². The van der Waals surface area contributed by atoms with Crippen molar-refractivity contribution in [2.75, 3.05) is 26.2 Å². The standard InChI is InChI=1S/C15H22ClN3O/c1-12-5-9-19(10-6-12)8-2-7-17-15(20)13-3-4-14(16)18-11-13/h3-4,11-12H,2,5-10H2,1H3,(H,17,20). The summed E-state index contributed by atoms with van der Waals surface area (Å²) in [6.45, 7) is 6.46. The fourth-order valence-electron chi connectivity index (χ4n) is 2.40. The van der Waals surface area contributed by atoms with Gasteiger partial charge in [0.2, 0.25) is 0 Å². The smallest absolute Gasteiger partial charge is 0.252 e. The Morgan fingerprint density at radius 2 is 2.20 bits per heavy atom. The Labute approximate surface area is 125 Å². The third-order valence-electron chi connectivity index (χ3n) is 3.80. The van der Waals surface area contributed by atoms with Gasteiger partial charge in [0.25, 0.3) is 5.91 Å².